The molecule has 0 bridgehead atoms. The highest BCUT2D eigenvalue weighted by Crippen LogP contribution is 2.41. The number of hydrogen-bond donors (Lipinski definition) is 2. The van der Waals surface area contributed by atoms with Gasteiger partial charge in [0.05, 0.1) is 29.5 Å². The molecule has 1 radical (unpaired) electrons. The molecule has 10 heteroatoms. The van der Waals surface area contributed by atoms with Crippen LogP contribution in [0.25, 0.3) is 0 Å². The maximum absolute atomic E-state index is 13.7. The van der Waals surface area contributed by atoms with Gasteiger partial charge in [-0.2, -0.15) is 0 Å². The van der Waals surface area contributed by atoms with Crippen molar-refractivity contribution in [3.63, 3.8) is 0 Å². The first-order chi connectivity index (χ1) is 17.3. The zero-order valence-electron chi connectivity index (χ0n) is 23.2. The van der Waals surface area contributed by atoms with Gasteiger partial charge in [-0.05, 0) is 55.5 Å². The van der Waals surface area contributed by atoms with E-state index in [0.29, 0.717) is 12.4 Å². The maximum Gasteiger partial charge on any atom is 0.240 e. The largest absolute Gasteiger partial charge is 0.496 e. The second-order valence-corrected chi connectivity index (χ2v) is 15.5. The second kappa shape index (κ2) is 12.0. The number of sulfonamides is 1. The van der Waals surface area contributed by atoms with E-state index in [9.17, 15) is 18.0 Å². The lowest BCUT2D eigenvalue weighted by molar-refractivity contribution is -0.143. The minimum atomic E-state index is -3.79. The molecule has 0 spiro atoms. The lowest BCUT2D eigenvalue weighted by Crippen LogP contribution is -2.66. The van der Waals surface area contributed by atoms with E-state index in [-0.39, 0.29) is 51.5 Å². The molecule has 8 nitrogen and oxygen atoms in total. The molecule has 1 amide bonds. The van der Waals surface area contributed by atoms with Crippen LogP contribution < -0.4 is 14.8 Å². The van der Waals surface area contributed by atoms with E-state index < -0.39 is 25.0 Å². The Morgan fingerprint density at radius 3 is 2.38 bits per heavy atom. The van der Waals surface area contributed by atoms with Crippen LogP contribution in [0.15, 0.2) is 23.1 Å². The average molecular weight is 552 g/mol. The number of Topliss-reactive ketones (excluding diaryl/α,β-unsaturated/α-hetero) is 1. The normalized spacial score (nSPS) is 22.8. The summed E-state index contributed by atoms with van der Waals surface area (Å²) in [5, 5.41) is 2.94. The monoisotopic (exact) mass is 551 g/mol. The number of benzene rings is 1. The van der Waals surface area contributed by atoms with Crippen molar-refractivity contribution in [2.24, 2.45) is 23.2 Å². The van der Waals surface area contributed by atoms with Crippen molar-refractivity contribution >= 4 is 30.8 Å². The van der Waals surface area contributed by atoms with E-state index in [1.165, 1.54) is 25.3 Å². The number of methoxy groups -OCH3 is 1. The molecule has 2 N–H and O–H groups in total. The van der Waals surface area contributed by atoms with Crippen LogP contribution >= 0.6 is 0 Å². The van der Waals surface area contributed by atoms with Crippen molar-refractivity contribution < 1.29 is 27.2 Å². The summed E-state index contributed by atoms with van der Waals surface area (Å²) >= 11 is 0. The van der Waals surface area contributed by atoms with Gasteiger partial charge in [0.15, 0.2) is 5.78 Å². The van der Waals surface area contributed by atoms with Crippen molar-refractivity contribution in [3.05, 3.63) is 23.8 Å². The van der Waals surface area contributed by atoms with Crippen molar-refractivity contribution in [2.75, 3.05) is 13.7 Å². The molecule has 4 atom stereocenters. The van der Waals surface area contributed by atoms with Crippen LogP contribution in [0.5, 0.6) is 5.75 Å². The Hall–Kier alpha value is -1.75. The predicted molar refractivity (Wildman–Crippen MR) is 145 cm³/mol. The van der Waals surface area contributed by atoms with E-state index in [1.807, 2.05) is 0 Å². The Morgan fingerprint density at radius 1 is 1.19 bits per heavy atom. The minimum absolute atomic E-state index is 0.0464. The second-order valence-electron chi connectivity index (χ2n) is 11.7. The fourth-order valence-electron chi connectivity index (χ4n) is 5.40. The first-order valence-corrected chi connectivity index (χ1v) is 17.1. The third-order valence-electron chi connectivity index (χ3n) is 7.72. The van der Waals surface area contributed by atoms with Gasteiger partial charge in [-0.3, -0.25) is 9.59 Å². The fraction of sp³-hybridized carbons (Fsp3) is 0.704. The molecule has 0 aromatic heterocycles. The fourth-order valence-corrected chi connectivity index (χ4v) is 7.24. The van der Waals surface area contributed by atoms with Crippen molar-refractivity contribution in [1.82, 2.24) is 10.0 Å². The van der Waals surface area contributed by atoms with Gasteiger partial charge in [0.1, 0.15) is 5.75 Å². The van der Waals surface area contributed by atoms with Crippen LogP contribution in [0.3, 0.4) is 0 Å². The van der Waals surface area contributed by atoms with E-state index >= 15 is 0 Å². The minimum Gasteiger partial charge on any atom is -0.496 e. The summed E-state index contributed by atoms with van der Waals surface area (Å²) in [5.41, 5.74) is 0.00891. The molecular formula is C27H43N2O6SSi. The van der Waals surface area contributed by atoms with E-state index in [2.05, 4.69) is 43.9 Å². The topological polar surface area (TPSA) is 111 Å². The number of ketones is 1. The van der Waals surface area contributed by atoms with Crippen LogP contribution in [0.2, 0.25) is 13.1 Å². The van der Waals surface area contributed by atoms with Crippen molar-refractivity contribution in [2.45, 2.75) is 89.9 Å². The highest BCUT2D eigenvalue weighted by atomic mass is 32.2. The van der Waals surface area contributed by atoms with Gasteiger partial charge in [0.2, 0.25) is 25.0 Å². The van der Waals surface area contributed by atoms with Crippen molar-refractivity contribution in [3.8, 4) is 5.75 Å². The van der Waals surface area contributed by atoms with Gasteiger partial charge in [-0.25, -0.2) is 13.1 Å². The summed E-state index contributed by atoms with van der Waals surface area (Å²) in [4.78, 5) is 26.5. The zero-order chi connectivity index (χ0) is 27.5. The SMILES string of the molecule is COc1ccc(S(=O)(=O)NC2CCCCC2)cc1C(=O)[C@H](C)[C@H]1NC(=O)[C@H]1[C@@H](CO[Si](C)C)C(C)(C)C. The van der Waals surface area contributed by atoms with Crippen LogP contribution in [0.4, 0.5) is 0 Å². The van der Waals surface area contributed by atoms with Crippen molar-refractivity contribution in [1.29, 1.82) is 0 Å². The van der Waals surface area contributed by atoms with Crippen LogP contribution in [0, 0.1) is 23.2 Å². The third-order valence-corrected chi connectivity index (χ3v) is 9.98. The number of ether oxygens (including phenoxy) is 1. The van der Waals surface area contributed by atoms with Crippen LogP contribution in [0.1, 0.15) is 70.2 Å². The number of hydrogen-bond acceptors (Lipinski definition) is 6. The number of amides is 1. The predicted octanol–water partition coefficient (Wildman–Crippen LogP) is 4.17. The summed E-state index contributed by atoms with van der Waals surface area (Å²) < 4.78 is 40.5. The molecule has 1 aromatic rings. The Bertz CT molecular complexity index is 1080. The molecule has 1 saturated carbocycles. The number of β-lactam (4-membered cyclic amide) rings is 1. The van der Waals surface area contributed by atoms with E-state index in [4.69, 9.17) is 9.16 Å². The number of carbonyl (C=O) groups is 2. The molecule has 1 aliphatic carbocycles. The molecular weight excluding hydrogens is 508 g/mol. The molecule has 1 heterocycles. The van der Waals surface area contributed by atoms with Gasteiger partial charge in [0.25, 0.3) is 0 Å². The van der Waals surface area contributed by atoms with Crippen LogP contribution in [-0.2, 0) is 19.2 Å². The highest BCUT2D eigenvalue weighted by molar-refractivity contribution is 7.89. The zero-order valence-corrected chi connectivity index (χ0v) is 25.0. The molecule has 1 aromatic carbocycles. The summed E-state index contributed by atoms with van der Waals surface area (Å²) in [6, 6.07) is 3.95. The average Bonchev–Trinajstić information content (AvgIpc) is 2.83. The molecule has 1 saturated heterocycles. The Morgan fingerprint density at radius 2 is 1.84 bits per heavy atom. The van der Waals surface area contributed by atoms with Crippen LogP contribution in [-0.4, -0.2) is 54.9 Å². The molecule has 207 valence electrons. The van der Waals surface area contributed by atoms with Gasteiger partial charge in [0, 0.05) is 18.6 Å². The standard InChI is InChI=1S/C27H43N2O6SSi/c1-17(24-23(26(31)28-24)21(27(2,3)4)16-35-37(6)7)25(30)20-15-19(13-14-22(20)34-5)36(32,33)29-18-11-9-8-10-12-18/h13-15,17-18,21,23-24,29H,8-12,16H2,1-7H3,(H,28,31)/t17-,21-,23+,24-/m1/s1. The lowest BCUT2D eigenvalue weighted by atomic mass is 9.64. The molecule has 3 rings (SSSR count). The third kappa shape index (κ3) is 7.02. The quantitative estimate of drug-likeness (QED) is 0.243. The molecule has 37 heavy (non-hydrogen) atoms. The smallest absolute Gasteiger partial charge is 0.240 e. The summed E-state index contributed by atoms with van der Waals surface area (Å²) in [6.07, 6.45) is 4.77. The van der Waals surface area contributed by atoms with Gasteiger partial charge < -0.3 is 14.5 Å². The first-order valence-electron chi connectivity index (χ1n) is 13.2. The summed E-state index contributed by atoms with van der Waals surface area (Å²) in [6.45, 7) is 12.6. The summed E-state index contributed by atoms with van der Waals surface area (Å²) in [7, 11) is -3.26. The van der Waals surface area contributed by atoms with Gasteiger partial charge >= 0.3 is 0 Å². The van der Waals surface area contributed by atoms with Gasteiger partial charge in [-0.1, -0.05) is 47.0 Å². The number of carbonyl (C=O) groups excluding carboxylic acids is 2. The first kappa shape index (κ1) is 29.8. The summed E-state index contributed by atoms with van der Waals surface area (Å²) in [5.74, 6) is -1.02. The Kier molecular flexibility index (Phi) is 9.64. The molecule has 2 aliphatic rings. The number of rotatable bonds is 11. The number of nitrogens with one attached hydrogen (secondary N) is 2. The Labute approximate surface area is 224 Å². The lowest BCUT2D eigenvalue weighted by Gasteiger charge is -2.48. The van der Waals surface area contributed by atoms with Gasteiger partial charge in [-0.15, -0.1) is 0 Å². The Balaban J connectivity index is 1.86. The molecule has 0 unspecified atom stereocenters. The molecule has 2 fully saturated rings. The highest BCUT2D eigenvalue weighted by Gasteiger charge is 2.51. The maximum atomic E-state index is 13.7. The molecule has 1 aliphatic heterocycles. The van der Waals surface area contributed by atoms with E-state index in [0.717, 1.165) is 32.1 Å². The van der Waals surface area contributed by atoms with E-state index in [1.54, 1.807) is 6.92 Å².